The Hall–Kier alpha value is -4.33. The third-order valence-electron chi connectivity index (χ3n) is 5.52. The molecule has 0 saturated carbocycles. The van der Waals surface area contributed by atoms with Crippen LogP contribution in [0.1, 0.15) is 40.9 Å². The van der Waals surface area contributed by atoms with E-state index in [2.05, 4.69) is 5.32 Å². The number of hydrogen-bond acceptors (Lipinski definition) is 6. The van der Waals surface area contributed by atoms with E-state index in [1.165, 1.54) is 18.2 Å². The first kappa shape index (κ1) is 26.3. The normalized spacial score (nSPS) is 11.4. The van der Waals surface area contributed by atoms with Crippen LogP contribution in [0, 0.1) is 5.92 Å². The molecule has 3 aromatic rings. The zero-order valence-corrected chi connectivity index (χ0v) is 20.4. The van der Waals surface area contributed by atoms with Crippen LogP contribution in [-0.4, -0.2) is 36.3 Å². The lowest BCUT2D eigenvalue weighted by Gasteiger charge is -2.21. The lowest BCUT2D eigenvalue weighted by Crippen LogP contribution is -2.46. The standard InChI is InChI=1S/C28H29NO7/c1-18(2)25(29-28(33)35-17-20-8-5-4-6-9-20)27(32)36-24-11-7-10-22(26(30)31)23(24)16-19-12-14-21(34-3)15-13-19/h4-15,18,25H,16-17H2,1-3H3,(H,29,33)(H,30,31)/t25-/m0/s1. The second-order valence-electron chi connectivity index (χ2n) is 8.46. The number of carbonyl (C=O) groups excluding carboxylic acids is 2. The van der Waals surface area contributed by atoms with E-state index in [-0.39, 0.29) is 30.3 Å². The van der Waals surface area contributed by atoms with Gasteiger partial charge < -0.3 is 24.6 Å². The molecule has 0 spiro atoms. The van der Waals surface area contributed by atoms with Gasteiger partial charge in [-0.1, -0.05) is 62.4 Å². The Labute approximate surface area is 209 Å². The van der Waals surface area contributed by atoms with Crippen LogP contribution < -0.4 is 14.8 Å². The highest BCUT2D eigenvalue weighted by Gasteiger charge is 2.28. The number of rotatable bonds is 10. The van der Waals surface area contributed by atoms with Gasteiger partial charge in [-0.05, 0) is 41.3 Å². The fraction of sp³-hybridized carbons (Fsp3) is 0.250. The second kappa shape index (κ2) is 12.4. The first-order valence-electron chi connectivity index (χ1n) is 11.5. The number of nitrogens with one attached hydrogen (secondary N) is 1. The van der Waals surface area contributed by atoms with Crippen LogP contribution in [0.4, 0.5) is 4.79 Å². The number of aromatic carboxylic acids is 1. The van der Waals surface area contributed by atoms with Gasteiger partial charge in [0.05, 0.1) is 12.7 Å². The average molecular weight is 492 g/mol. The van der Waals surface area contributed by atoms with Gasteiger partial charge in [-0.2, -0.15) is 0 Å². The summed E-state index contributed by atoms with van der Waals surface area (Å²) in [6.07, 6.45) is -0.541. The zero-order valence-electron chi connectivity index (χ0n) is 20.4. The Kier molecular flexibility index (Phi) is 9.05. The number of carboxylic acid groups (broad SMARTS) is 1. The van der Waals surface area contributed by atoms with Gasteiger partial charge in [0.25, 0.3) is 0 Å². The van der Waals surface area contributed by atoms with Gasteiger partial charge in [0.1, 0.15) is 24.1 Å². The van der Waals surface area contributed by atoms with Crippen LogP contribution in [0.2, 0.25) is 0 Å². The fourth-order valence-electron chi connectivity index (χ4n) is 3.55. The predicted octanol–water partition coefficient (Wildman–Crippen LogP) is 4.84. The Morgan fingerprint density at radius 3 is 2.19 bits per heavy atom. The molecule has 0 aliphatic carbocycles. The van der Waals surface area contributed by atoms with Crippen molar-refractivity contribution in [3.05, 3.63) is 95.1 Å². The van der Waals surface area contributed by atoms with Crippen molar-refractivity contribution in [3.63, 3.8) is 0 Å². The molecule has 0 aromatic heterocycles. The number of carbonyl (C=O) groups is 3. The molecule has 2 N–H and O–H groups in total. The number of methoxy groups -OCH3 is 1. The van der Waals surface area contributed by atoms with E-state index in [9.17, 15) is 19.5 Å². The van der Waals surface area contributed by atoms with Crippen molar-refractivity contribution < 1.29 is 33.7 Å². The highest BCUT2D eigenvalue weighted by molar-refractivity contribution is 5.91. The van der Waals surface area contributed by atoms with Crippen molar-refractivity contribution in [2.24, 2.45) is 5.92 Å². The molecule has 0 bridgehead atoms. The minimum Gasteiger partial charge on any atom is -0.497 e. The summed E-state index contributed by atoms with van der Waals surface area (Å²) in [4.78, 5) is 37.3. The second-order valence-corrected chi connectivity index (χ2v) is 8.46. The van der Waals surface area contributed by atoms with Crippen LogP contribution in [0.15, 0.2) is 72.8 Å². The number of carboxylic acids is 1. The van der Waals surface area contributed by atoms with Crippen molar-refractivity contribution in [1.29, 1.82) is 0 Å². The highest BCUT2D eigenvalue weighted by Crippen LogP contribution is 2.27. The molecule has 0 unspecified atom stereocenters. The summed E-state index contributed by atoms with van der Waals surface area (Å²) >= 11 is 0. The quantitative estimate of drug-likeness (QED) is 0.308. The maximum absolute atomic E-state index is 13.1. The topological polar surface area (TPSA) is 111 Å². The summed E-state index contributed by atoms with van der Waals surface area (Å²) in [5.41, 5.74) is 1.99. The molecule has 36 heavy (non-hydrogen) atoms. The summed E-state index contributed by atoms with van der Waals surface area (Å²) in [7, 11) is 1.56. The van der Waals surface area contributed by atoms with Crippen LogP contribution in [0.5, 0.6) is 11.5 Å². The van der Waals surface area contributed by atoms with Crippen molar-refractivity contribution in [3.8, 4) is 11.5 Å². The Morgan fingerprint density at radius 2 is 1.58 bits per heavy atom. The number of benzene rings is 3. The lowest BCUT2D eigenvalue weighted by atomic mass is 9.98. The van der Waals surface area contributed by atoms with Crippen molar-refractivity contribution >= 4 is 18.0 Å². The molecule has 0 fully saturated rings. The number of hydrogen-bond donors (Lipinski definition) is 2. The SMILES string of the molecule is COc1ccc(Cc2c(OC(=O)[C@@H](NC(=O)OCc3ccccc3)C(C)C)cccc2C(=O)O)cc1. The smallest absolute Gasteiger partial charge is 0.408 e. The molecule has 3 aromatic carbocycles. The monoisotopic (exact) mass is 491 g/mol. The maximum atomic E-state index is 13.1. The van der Waals surface area contributed by atoms with E-state index in [0.29, 0.717) is 11.3 Å². The minimum atomic E-state index is -1.14. The maximum Gasteiger partial charge on any atom is 0.408 e. The first-order chi connectivity index (χ1) is 17.3. The van der Waals surface area contributed by atoms with E-state index in [1.807, 2.05) is 42.5 Å². The highest BCUT2D eigenvalue weighted by atomic mass is 16.6. The molecule has 3 rings (SSSR count). The average Bonchev–Trinajstić information content (AvgIpc) is 2.87. The molecule has 0 radical (unpaired) electrons. The van der Waals surface area contributed by atoms with E-state index in [4.69, 9.17) is 14.2 Å². The summed E-state index contributed by atoms with van der Waals surface area (Å²) in [5, 5.41) is 12.3. The number of amides is 1. The largest absolute Gasteiger partial charge is 0.497 e. The lowest BCUT2D eigenvalue weighted by molar-refractivity contribution is -0.137. The van der Waals surface area contributed by atoms with Crippen LogP contribution in [0.3, 0.4) is 0 Å². The van der Waals surface area contributed by atoms with E-state index in [1.54, 1.807) is 33.1 Å². The third kappa shape index (κ3) is 7.09. The molecule has 0 saturated heterocycles. The van der Waals surface area contributed by atoms with Gasteiger partial charge in [-0.25, -0.2) is 14.4 Å². The van der Waals surface area contributed by atoms with Crippen molar-refractivity contribution in [2.45, 2.75) is 32.9 Å². The molecule has 0 aliphatic heterocycles. The van der Waals surface area contributed by atoms with Gasteiger partial charge in [-0.15, -0.1) is 0 Å². The van der Waals surface area contributed by atoms with Gasteiger partial charge in [0.2, 0.25) is 0 Å². The molecule has 8 nitrogen and oxygen atoms in total. The van der Waals surface area contributed by atoms with E-state index < -0.39 is 24.1 Å². The summed E-state index contributed by atoms with van der Waals surface area (Å²) < 4.78 is 16.1. The minimum absolute atomic E-state index is 0.0208. The molecule has 8 heteroatoms. The van der Waals surface area contributed by atoms with Gasteiger partial charge in [-0.3, -0.25) is 0 Å². The Balaban J connectivity index is 1.77. The zero-order chi connectivity index (χ0) is 26.1. The molecule has 1 amide bonds. The molecule has 188 valence electrons. The third-order valence-corrected chi connectivity index (χ3v) is 5.52. The van der Waals surface area contributed by atoms with Crippen molar-refractivity contribution in [1.82, 2.24) is 5.32 Å². The number of esters is 1. The summed E-state index contributed by atoms with van der Waals surface area (Å²) in [5.74, 6) is -1.39. The Morgan fingerprint density at radius 1 is 0.889 bits per heavy atom. The van der Waals surface area contributed by atoms with E-state index in [0.717, 1.165) is 11.1 Å². The van der Waals surface area contributed by atoms with Gasteiger partial charge in [0.15, 0.2) is 0 Å². The van der Waals surface area contributed by atoms with Crippen LogP contribution in [0.25, 0.3) is 0 Å². The molecule has 0 aliphatic rings. The molecule has 0 heterocycles. The number of alkyl carbamates (subject to hydrolysis) is 1. The molecular formula is C28H29NO7. The molecule has 1 atom stereocenters. The first-order valence-corrected chi connectivity index (χ1v) is 11.5. The Bertz CT molecular complexity index is 1190. The van der Waals surface area contributed by atoms with Crippen LogP contribution >= 0.6 is 0 Å². The fourth-order valence-corrected chi connectivity index (χ4v) is 3.55. The summed E-state index contributed by atoms with van der Waals surface area (Å²) in [6, 6.07) is 19.8. The van der Waals surface area contributed by atoms with Crippen molar-refractivity contribution in [2.75, 3.05) is 7.11 Å². The molecular weight excluding hydrogens is 462 g/mol. The predicted molar refractivity (Wildman–Crippen MR) is 133 cm³/mol. The number of ether oxygens (including phenoxy) is 3. The summed E-state index contributed by atoms with van der Waals surface area (Å²) in [6.45, 7) is 3.57. The van der Waals surface area contributed by atoms with Gasteiger partial charge in [0, 0.05) is 12.0 Å². The van der Waals surface area contributed by atoms with E-state index >= 15 is 0 Å². The van der Waals surface area contributed by atoms with Crippen LogP contribution in [-0.2, 0) is 22.6 Å². The van der Waals surface area contributed by atoms with Gasteiger partial charge >= 0.3 is 18.0 Å².